The van der Waals surface area contributed by atoms with Gasteiger partial charge < -0.3 is 10.0 Å². The Bertz CT molecular complexity index is 1100. The van der Waals surface area contributed by atoms with Gasteiger partial charge in [-0.3, -0.25) is 4.79 Å². The predicted octanol–water partition coefficient (Wildman–Crippen LogP) is 1.81. The van der Waals surface area contributed by atoms with Crippen LogP contribution in [0.15, 0.2) is 59.8 Å². The summed E-state index contributed by atoms with van der Waals surface area (Å²) in [5, 5.41) is 20.4. The molecule has 0 N–H and O–H groups in total. The second kappa shape index (κ2) is 7.07. The Hall–Kier alpha value is -3.81. The maximum absolute atomic E-state index is 13.1. The van der Waals surface area contributed by atoms with Gasteiger partial charge >= 0.3 is 5.97 Å². The van der Waals surface area contributed by atoms with Crippen molar-refractivity contribution in [3.8, 4) is 0 Å². The van der Waals surface area contributed by atoms with E-state index in [0.717, 1.165) is 5.56 Å². The Morgan fingerprint density at radius 2 is 1.82 bits per heavy atom. The molecule has 0 unspecified atom stereocenters. The molecule has 0 fully saturated rings. The minimum atomic E-state index is -0.526. The Morgan fingerprint density at radius 1 is 1.14 bits per heavy atom. The number of carbonyl (C=O) groups is 2. The predicted molar refractivity (Wildman–Crippen MR) is 98.6 cm³/mol. The molecule has 1 aliphatic carbocycles. The highest BCUT2D eigenvalue weighted by Crippen LogP contribution is 2.26. The highest BCUT2D eigenvalue weighted by molar-refractivity contribution is 6.28. The Labute approximate surface area is 160 Å². The molecule has 1 aromatic heterocycles. The van der Waals surface area contributed by atoms with Crippen LogP contribution in [0.5, 0.6) is 0 Å². The van der Waals surface area contributed by atoms with Crippen molar-refractivity contribution in [2.45, 2.75) is 19.9 Å². The summed E-state index contributed by atoms with van der Waals surface area (Å²) in [5.41, 5.74) is 2.07. The maximum Gasteiger partial charge on any atom is 0.334 e. The van der Waals surface area contributed by atoms with Crippen molar-refractivity contribution in [3.63, 3.8) is 0 Å². The number of hydrogen-bond acceptors (Lipinski definition) is 6. The maximum atomic E-state index is 13.1. The standard InChI is InChI=1S/C20H16N4O4/c1-2-16(25)28-22-17-14-10-6-7-11-15(14)20(26)19-18(17)21-24(27)23(19)12-13-8-4-3-5-9-13/h3-11H,2,12H2,1H3/b22-17-. The van der Waals surface area contributed by atoms with Gasteiger partial charge in [-0.15, -0.1) is 4.68 Å². The van der Waals surface area contributed by atoms with E-state index >= 15 is 0 Å². The van der Waals surface area contributed by atoms with E-state index in [1.54, 1.807) is 31.2 Å². The van der Waals surface area contributed by atoms with Gasteiger partial charge in [0.05, 0.1) is 0 Å². The summed E-state index contributed by atoms with van der Waals surface area (Å²) in [7, 11) is 0. The molecule has 140 valence electrons. The quantitative estimate of drug-likeness (QED) is 0.234. The summed E-state index contributed by atoms with van der Waals surface area (Å²) in [5.74, 6) is -0.855. The molecular formula is C20H16N4O4. The van der Waals surface area contributed by atoms with Crippen LogP contribution in [0, 0.1) is 5.21 Å². The number of oxime groups is 1. The van der Waals surface area contributed by atoms with E-state index in [1.807, 2.05) is 30.3 Å². The van der Waals surface area contributed by atoms with Crippen molar-refractivity contribution in [2.75, 3.05) is 0 Å². The van der Waals surface area contributed by atoms with Gasteiger partial charge in [0.15, 0.2) is 11.4 Å². The number of fused-ring (bicyclic) bond motifs is 2. The second-order valence-electron chi connectivity index (χ2n) is 6.22. The third-order valence-electron chi connectivity index (χ3n) is 4.44. The van der Waals surface area contributed by atoms with Gasteiger partial charge in [-0.25, -0.2) is 4.79 Å². The van der Waals surface area contributed by atoms with Crippen molar-refractivity contribution in [1.82, 2.24) is 9.78 Å². The summed E-state index contributed by atoms with van der Waals surface area (Å²) < 4.78 is 1.25. The minimum Gasteiger partial charge on any atom is -0.571 e. The van der Waals surface area contributed by atoms with Gasteiger partial charge in [-0.1, -0.05) is 66.7 Å². The lowest BCUT2D eigenvalue weighted by molar-refractivity contribution is -0.748. The van der Waals surface area contributed by atoms with Crippen LogP contribution >= 0.6 is 0 Å². The van der Waals surface area contributed by atoms with Crippen LogP contribution in [-0.2, 0) is 16.2 Å². The molecule has 0 saturated heterocycles. The van der Waals surface area contributed by atoms with Crippen LogP contribution < -0.4 is 4.96 Å². The Balaban J connectivity index is 1.87. The highest BCUT2D eigenvalue weighted by Gasteiger charge is 2.38. The zero-order chi connectivity index (χ0) is 19.7. The molecule has 3 aromatic rings. The number of carbonyl (C=O) groups excluding carboxylic acids is 2. The topological polar surface area (TPSA) is 100 Å². The lowest BCUT2D eigenvalue weighted by Gasteiger charge is -2.14. The first-order valence-electron chi connectivity index (χ1n) is 8.77. The minimum absolute atomic E-state index is 0.0959. The van der Waals surface area contributed by atoms with Gasteiger partial charge in [-0.2, -0.15) is 0 Å². The first-order chi connectivity index (χ1) is 13.6. The van der Waals surface area contributed by atoms with Crippen LogP contribution in [0.4, 0.5) is 0 Å². The lowest BCUT2D eigenvalue weighted by atomic mass is 9.89. The van der Waals surface area contributed by atoms with E-state index in [4.69, 9.17) is 4.84 Å². The van der Waals surface area contributed by atoms with E-state index in [2.05, 4.69) is 10.3 Å². The average molecular weight is 376 g/mol. The number of rotatable bonds is 4. The van der Waals surface area contributed by atoms with Gasteiger partial charge in [0.25, 0.3) is 0 Å². The van der Waals surface area contributed by atoms with Gasteiger partial charge in [0.2, 0.25) is 5.78 Å². The van der Waals surface area contributed by atoms with E-state index in [-0.39, 0.29) is 35.8 Å². The molecule has 0 bridgehead atoms. The van der Waals surface area contributed by atoms with Crippen LogP contribution in [0.3, 0.4) is 0 Å². The number of hydrogen-bond donors (Lipinski definition) is 0. The zero-order valence-electron chi connectivity index (χ0n) is 15.0. The molecule has 0 amide bonds. The summed E-state index contributed by atoms with van der Waals surface area (Å²) in [4.78, 5) is 30.0. The SMILES string of the molecule is CCC(=O)O/N=C1/c2ccccc2C(=O)c2c1n[n+]([O-])n2Cc1ccccc1. The first kappa shape index (κ1) is 17.6. The largest absolute Gasteiger partial charge is 0.571 e. The van der Waals surface area contributed by atoms with Crippen LogP contribution in [0.2, 0.25) is 0 Å². The molecule has 4 rings (SSSR count). The number of aromatic nitrogens is 3. The molecule has 1 aliphatic rings. The molecule has 0 atom stereocenters. The third-order valence-corrected chi connectivity index (χ3v) is 4.44. The molecule has 28 heavy (non-hydrogen) atoms. The molecule has 0 aliphatic heterocycles. The van der Waals surface area contributed by atoms with Gasteiger partial charge in [0.1, 0.15) is 12.3 Å². The molecule has 8 nitrogen and oxygen atoms in total. The van der Waals surface area contributed by atoms with Crippen LogP contribution in [-0.4, -0.2) is 27.2 Å². The number of nitrogens with zero attached hydrogens (tertiary/aromatic N) is 4. The summed E-state index contributed by atoms with van der Waals surface area (Å²) in [6.45, 7) is 1.81. The van der Waals surface area contributed by atoms with Crippen molar-refractivity contribution < 1.29 is 19.4 Å². The normalized spacial score (nSPS) is 13.9. The number of ketones is 1. The molecular weight excluding hydrogens is 360 g/mol. The fourth-order valence-electron chi connectivity index (χ4n) is 3.07. The summed E-state index contributed by atoms with van der Waals surface area (Å²) >= 11 is 0. The highest BCUT2D eigenvalue weighted by atomic mass is 16.7. The smallest absolute Gasteiger partial charge is 0.334 e. The Morgan fingerprint density at radius 3 is 2.54 bits per heavy atom. The third kappa shape index (κ3) is 2.94. The van der Waals surface area contributed by atoms with Crippen LogP contribution in [0.1, 0.15) is 46.2 Å². The first-order valence-corrected chi connectivity index (χ1v) is 8.77. The monoisotopic (exact) mass is 376 g/mol. The van der Waals surface area contributed by atoms with Crippen molar-refractivity contribution in [3.05, 3.63) is 87.9 Å². The zero-order valence-corrected chi connectivity index (χ0v) is 15.0. The Kier molecular flexibility index (Phi) is 4.44. The fraction of sp³-hybridized carbons (Fsp3) is 0.150. The fourth-order valence-corrected chi connectivity index (χ4v) is 3.07. The van der Waals surface area contributed by atoms with Crippen LogP contribution in [0.25, 0.3) is 0 Å². The van der Waals surface area contributed by atoms with Crippen molar-refractivity contribution in [2.24, 2.45) is 5.16 Å². The molecule has 0 saturated carbocycles. The molecule has 8 heteroatoms. The van der Waals surface area contributed by atoms with Gasteiger partial charge in [0, 0.05) is 27.6 Å². The van der Waals surface area contributed by atoms with Crippen molar-refractivity contribution in [1.29, 1.82) is 0 Å². The van der Waals surface area contributed by atoms with E-state index in [9.17, 15) is 14.8 Å². The van der Waals surface area contributed by atoms with E-state index < -0.39 is 5.97 Å². The van der Waals surface area contributed by atoms with E-state index in [1.165, 1.54) is 4.68 Å². The van der Waals surface area contributed by atoms with Crippen molar-refractivity contribution >= 4 is 17.5 Å². The average Bonchev–Trinajstić information content (AvgIpc) is 3.04. The number of benzene rings is 2. The van der Waals surface area contributed by atoms with E-state index in [0.29, 0.717) is 16.1 Å². The second-order valence-corrected chi connectivity index (χ2v) is 6.22. The summed E-state index contributed by atoms with van der Waals surface area (Å²) in [6.07, 6.45) is 0.147. The molecule has 0 radical (unpaired) electrons. The molecule has 2 aromatic carbocycles. The molecule has 0 spiro atoms. The van der Waals surface area contributed by atoms with Gasteiger partial charge in [-0.05, 0) is 5.56 Å². The molecule has 1 heterocycles. The lowest BCUT2D eigenvalue weighted by Crippen LogP contribution is -2.41. The summed E-state index contributed by atoms with van der Waals surface area (Å²) in [6, 6.07) is 16.1.